The van der Waals surface area contributed by atoms with Gasteiger partial charge >= 0.3 is 5.97 Å². The Kier molecular flexibility index (Phi) is 7.30. The number of carbonyl (C=O) groups excluding carboxylic acids is 1. The Hall–Kier alpha value is -1.58. The third-order valence-corrected chi connectivity index (χ3v) is 7.28. The highest BCUT2D eigenvalue weighted by Crippen LogP contribution is 2.25. The zero-order valence-electron chi connectivity index (χ0n) is 15.7. The molecule has 150 valence electrons. The van der Waals surface area contributed by atoms with Crippen LogP contribution >= 0.6 is 11.8 Å². The number of carbonyl (C=O) groups is 2. The normalized spacial score (nSPS) is 19.6. The van der Waals surface area contributed by atoms with Crippen molar-refractivity contribution in [2.75, 3.05) is 18.1 Å². The summed E-state index contributed by atoms with van der Waals surface area (Å²) in [6.07, 6.45) is 0.283. The maximum absolute atomic E-state index is 13.0. The van der Waals surface area contributed by atoms with Crippen molar-refractivity contribution in [1.29, 1.82) is 0 Å². The van der Waals surface area contributed by atoms with E-state index < -0.39 is 34.0 Å². The maximum Gasteiger partial charge on any atom is 0.326 e. The van der Waals surface area contributed by atoms with Crippen LogP contribution in [0.5, 0.6) is 0 Å². The van der Waals surface area contributed by atoms with Crippen LogP contribution in [0.25, 0.3) is 0 Å². The van der Waals surface area contributed by atoms with Gasteiger partial charge in [-0.3, -0.25) is 4.79 Å². The zero-order chi connectivity index (χ0) is 20.2. The number of nitrogens with one attached hydrogen (secondary N) is 1. The highest BCUT2D eigenvalue weighted by atomic mass is 32.2. The fourth-order valence-corrected chi connectivity index (χ4v) is 5.73. The first-order valence-electron chi connectivity index (χ1n) is 8.82. The molecule has 2 rings (SSSR count). The van der Waals surface area contributed by atoms with E-state index in [9.17, 15) is 23.1 Å². The van der Waals surface area contributed by atoms with E-state index in [1.807, 2.05) is 20.8 Å². The van der Waals surface area contributed by atoms with Crippen molar-refractivity contribution in [2.45, 2.75) is 44.2 Å². The Morgan fingerprint density at radius 2 is 1.93 bits per heavy atom. The van der Waals surface area contributed by atoms with Crippen LogP contribution in [-0.4, -0.2) is 59.8 Å². The van der Waals surface area contributed by atoms with E-state index in [-0.39, 0.29) is 23.8 Å². The molecule has 0 unspecified atom stereocenters. The highest BCUT2D eigenvalue weighted by Gasteiger charge is 2.39. The zero-order valence-corrected chi connectivity index (χ0v) is 17.3. The van der Waals surface area contributed by atoms with E-state index >= 15 is 0 Å². The number of hydrogen-bond donors (Lipinski definition) is 2. The number of nitrogens with zero attached hydrogens (tertiary/aromatic N) is 1. The summed E-state index contributed by atoms with van der Waals surface area (Å²) in [5.74, 6) is -0.715. The number of hydrogen-bond acceptors (Lipinski definition) is 5. The molecule has 1 heterocycles. The summed E-state index contributed by atoms with van der Waals surface area (Å²) in [6.45, 7) is 5.81. The van der Waals surface area contributed by atoms with Gasteiger partial charge < -0.3 is 10.4 Å². The van der Waals surface area contributed by atoms with Crippen LogP contribution in [0.4, 0.5) is 0 Å². The first kappa shape index (κ1) is 21.7. The molecular formula is C18H26N2O5S2. The van der Waals surface area contributed by atoms with Gasteiger partial charge in [0.1, 0.15) is 12.1 Å². The minimum atomic E-state index is -3.84. The minimum Gasteiger partial charge on any atom is -0.480 e. The van der Waals surface area contributed by atoms with Crippen LogP contribution in [0.1, 0.15) is 25.8 Å². The van der Waals surface area contributed by atoms with Crippen LogP contribution in [0.3, 0.4) is 0 Å². The Morgan fingerprint density at radius 3 is 2.48 bits per heavy atom. The molecular weight excluding hydrogens is 388 g/mol. The average Bonchev–Trinajstić information content (AvgIpc) is 2.61. The standard InChI is InChI=1S/C18H26N2O5S2/c1-12(2)10-15(18(22)23)19-17(21)16-11-26-9-8-20(16)27(24,25)14-6-4-13(3)5-7-14/h4-7,12,15-16H,8-11H2,1-3H3,(H,19,21)(H,22,23)/t15-,16-/m0/s1. The molecule has 0 aromatic heterocycles. The summed E-state index contributed by atoms with van der Waals surface area (Å²) < 4.78 is 27.3. The van der Waals surface area contributed by atoms with Gasteiger partial charge in [0.25, 0.3) is 0 Å². The minimum absolute atomic E-state index is 0.0829. The van der Waals surface area contributed by atoms with Crippen molar-refractivity contribution < 1.29 is 23.1 Å². The van der Waals surface area contributed by atoms with Gasteiger partial charge in [-0.25, -0.2) is 13.2 Å². The summed E-state index contributed by atoms with van der Waals surface area (Å²) in [7, 11) is -3.84. The maximum atomic E-state index is 13.0. The Morgan fingerprint density at radius 1 is 1.30 bits per heavy atom. The van der Waals surface area contributed by atoms with Crippen molar-refractivity contribution in [3.8, 4) is 0 Å². The van der Waals surface area contributed by atoms with Crippen LogP contribution in [0.2, 0.25) is 0 Å². The fraction of sp³-hybridized carbons (Fsp3) is 0.556. The number of amides is 1. The predicted molar refractivity (Wildman–Crippen MR) is 105 cm³/mol. The van der Waals surface area contributed by atoms with Gasteiger partial charge in [-0.1, -0.05) is 31.5 Å². The molecule has 1 aromatic carbocycles. The molecule has 0 aliphatic carbocycles. The van der Waals surface area contributed by atoms with Crippen LogP contribution < -0.4 is 5.32 Å². The van der Waals surface area contributed by atoms with Gasteiger partial charge in [0.15, 0.2) is 0 Å². The van der Waals surface area contributed by atoms with Gasteiger partial charge in [-0.05, 0) is 31.4 Å². The predicted octanol–water partition coefficient (Wildman–Crippen LogP) is 1.72. The van der Waals surface area contributed by atoms with Gasteiger partial charge in [0.2, 0.25) is 15.9 Å². The van der Waals surface area contributed by atoms with Crippen LogP contribution in [0.15, 0.2) is 29.2 Å². The van der Waals surface area contributed by atoms with Crippen molar-refractivity contribution in [3.63, 3.8) is 0 Å². The van der Waals surface area contributed by atoms with Crippen molar-refractivity contribution in [2.24, 2.45) is 5.92 Å². The first-order chi connectivity index (χ1) is 12.6. The molecule has 2 atom stereocenters. The lowest BCUT2D eigenvalue weighted by Gasteiger charge is -2.34. The summed E-state index contributed by atoms with van der Waals surface area (Å²) >= 11 is 1.48. The molecule has 1 aliphatic heterocycles. The van der Waals surface area contributed by atoms with Gasteiger partial charge in [0.05, 0.1) is 4.90 Å². The number of sulfonamides is 1. The largest absolute Gasteiger partial charge is 0.480 e. The van der Waals surface area contributed by atoms with Crippen molar-refractivity contribution in [1.82, 2.24) is 9.62 Å². The number of carboxylic acids is 1. The Bertz CT molecular complexity index is 777. The molecule has 27 heavy (non-hydrogen) atoms. The van der Waals surface area contributed by atoms with E-state index in [0.29, 0.717) is 11.5 Å². The average molecular weight is 415 g/mol. The molecule has 0 radical (unpaired) electrons. The highest BCUT2D eigenvalue weighted by molar-refractivity contribution is 7.99. The monoisotopic (exact) mass is 414 g/mol. The molecule has 0 bridgehead atoms. The quantitative estimate of drug-likeness (QED) is 0.704. The lowest BCUT2D eigenvalue weighted by molar-refractivity contribution is -0.142. The van der Waals surface area contributed by atoms with E-state index in [2.05, 4.69) is 5.32 Å². The molecule has 0 saturated carbocycles. The SMILES string of the molecule is Cc1ccc(S(=O)(=O)N2CCSC[C@H]2C(=O)N[C@@H](CC(C)C)C(=O)O)cc1. The van der Waals surface area contributed by atoms with Gasteiger partial charge in [0, 0.05) is 18.1 Å². The smallest absolute Gasteiger partial charge is 0.326 e. The molecule has 1 saturated heterocycles. The third-order valence-electron chi connectivity index (χ3n) is 4.33. The van der Waals surface area contributed by atoms with Gasteiger partial charge in [-0.15, -0.1) is 0 Å². The number of carboxylic acid groups (broad SMARTS) is 1. The second-order valence-electron chi connectivity index (χ2n) is 7.05. The summed E-state index contributed by atoms with van der Waals surface area (Å²) in [4.78, 5) is 24.3. The Labute approximate surface area is 164 Å². The van der Waals surface area contributed by atoms with E-state index in [1.54, 1.807) is 12.1 Å². The molecule has 1 aromatic rings. The fourth-order valence-electron chi connectivity index (χ4n) is 2.89. The molecule has 9 heteroatoms. The van der Waals surface area contributed by atoms with Crippen molar-refractivity contribution in [3.05, 3.63) is 29.8 Å². The first-order valence-corrected chi connectivity index (χ1v) is 11.4. The third kappa shape index (κ3) is 5.46. The van der Waals surface area contributed by atoms with Crippen LogP contribution in [0, 0.1) is 12.8 Å². The summed E-state index contributed by atoms with van der Waals surface area (Å²) in [5.41, 5.74) is 0.940. The second-order valence-corrected chi connectivity index (χ2v) is 10.1. The molecule has 0 spiro atoms. The molecule has 7 nitrogen and oxygen atoms in total. The van der Waals surface area contributed by atoms with Gasteiger partial charge in [-0.2, -0.15) is 16.1 Å². The summed E-state index contributed by atoms with van der Waals surface area (Å²) in [6, 6.07) is 4.52. The van der Waals surface area contributed by atoms with E-state index in [1.165, 1.54) is 28.2 Å². The topological polar surface area (TPSA) is 104 Å². The second kappa shape index (κ2) is 9.07. The Balaban J connectivity index is 2.24. The molecule has 1 amide bonds. The number of rotatable bonds is 7. The number of benzene rings is 1. The van der Waals surface area contributed by atoms with E-state index in [0.717, 1.165) is 5.56 Å². The lowest BCUT2D eigenvalue weighted by Crippen LogP contribution is -2.56. The number of aliphatic carboxylic acids is 1. The lowest BCUT2D eigenvalue weighted by atomic mass is 10.0. The summed E-state index contributed by atoms with van der Waals surface area (Å²) in [5, 5.41) is 11.9. The number of thioether (sulfide) groups is 1. The number of aryl methyl sites for hydroxylation is 1. The molecule has 2 N–H and O–H groups in total. The molecule has 1 fully saturated rings. The van der Waals surface area contributed by atoms with Crippen LogP contribution in [-0.2, 0) is 19.6 Å². The van der Waals surface area contributed by atoms with Crippen molar-refractivity contribution >= 4 is 33.7 Å². The van der Waals surface area contributed by atoms with E-state index in [4.69, 9.17) is 0 Å². The molecule has 1 aliphatic rings.